The molecule has 0 aromatic heterocycles. The molecule has 27 heavy (non-hydrogen) atoms. The fraction of sp³-hybridized carbons (Fsp3) is 0.111. The van der Waals surface area contributed by atoms with E-state index in [0.717, 1.165) is 22.9 Å². The fourth-order valence-electron chi connectivity index (χ4n) is 2.42. The number of anilines is 1. The number of methoxy groups -OCH3 is 1. The quantitative estimate of drug-likeness (QED) is 0.557. The van der Waals surface area contributed by atoms with E-state index in [2.05, 4.69) is 0 Å². The van der Waals surface area contributed by atoms with E-state index in [1.54, 1.807) is 42.5 Å². The number of thioether (sulfide) groups is 1. The van der Waals surface area contributed by atoms with Crippen LogP contribution in [0.4, 0.5) is 10.5 Å². The number of ether oxygens (including phenoxy) is 1. The van der Waals surface area contributed by atoms with Crippen LogP contribution in [-0.4, -0.2) is 32.9 Å². The molecule has 0 unspecified atom stereocenters. The Bertz CT molecular complexity index is 1030. The molecule has 0 spiro atoms. The number of carbonyl (C=O) groups excluding carboxylic acids is 2. The Morgan fingerprint density at radius 3 is 2.37 bits per heavy atom. The predicted octanol–water partition coefficient (Wildman–Crippen LogP) is 3.27. The van der Waals surface area contributed by atoms with Crippen LogP contribution in [-0.2, 0) is 14.9 Å². The molecule has 1 fully saturated rings. The van der Waals surface area contributed by atoms with Crippen molar-refractivity contribution in [1.29, 1.82) is 0 Å². The SMILES string of the molecule is COc1cc(/C=C2/SC(=O)N(c3ccccc3)C2=O)ccc1OS(C)(=O)=O. The molecule has 2 aromatic rings. The van der Waals surface area contributed by atoms with E-state index in [9.17, 15) is 18.0 Å². The molecule has 1 aliphatic rings. The standard InChI is InChI=1S/C18H15NO6S2/c1-24-15-10-12(8-9-14(15)25-27(2,22)23)11-16-17(20)19(18(21)26-16)13-6-4-3-5-7-13/h3-11H,1-2H3/b16-11+. The first-order valence-electron chi connectivity index (χ1n) is 7.69. The van der Waals surface area contributed by atoms with Crippen molar-refractivity contribution in [2.45, 2.75) is 0 Å². The van der Waals surface area contributed by atoms with Crippen LogP contribution in [0.15, 0.2) is 53.4 Å². The first kappa shape index (κ1) is 19.0. The monoisotopic (exact) mass is 405 g/mol. The summed E-state index contributed by atoms with van der Waals surface area (Å²) in [5.74, 6) is -0.197. The van der Waals surface area contributed by atoms with Crippen LogP contribution < -0.4 is 13.8 Å². The Morgan fingerprint density at radius 2 is 1.74 bits per heavy atom. The smallest absolute Gasteiger partial charge is 0.306 e. The molecule has 9 heteroatoms. The van der Waals surface area contributed by atoms with E-state index in [1.807, 2.05) is 0 Å². The number of hydrogen-bond donors (Lipinski definition) is 0. The molecule has 0 atom stereocenters. The van der Waals surface area contributed by atoms with Crippen molar-refractivity contribution >= 4 is 44.8 Å². The molecular formula is C18H15NO6S2. The second-order valence-electron chi connectivity index (χ2n) is 5.55. The van der Waals surface area contributed by atoms with Crippen LogP contribution in [0.2, 0.25) is 0 Å². The zero-order chi connectivity index (χ0) is 19.6. The summed E-state index contributed by atoms with van der Waals surface area (Å²) in [6.07, 6.45) is 2.47. The lowest BCUT2D eigenvalue weighted by atomic mass is 10.2. The molecule has 0 bridgehead atoms. The third kappa shape index (κ3) is 4.32. The highest BCUT2D eigenvalue weighted by Gasteiger charge is 2.36. The van der Waals surface area contributed by atoms with Crippen LogP contribution in [0, 0.1) is 0 Å². The maximum Gasteiger partial charge on any atom is 0.306 e. The lowest BCUT2D eigenvalue weighted by molar-refractivity contribution is -0.113. The number of amides is 2. The van der Waals surface area contributed by atoms with Gasteiger partial charge in [-0.15, -0.1) is 0 Å². The van der Waals surface area contributed by atoms with Gasteiger partial charge in [-0.05, 0) is 47.7 Å². The Hall–Kier alpha value is -2.78. The number of para-hydroxylation sites is 1. The second-order valence-corrected chi connectivity index (χ2v) is 8.12. The van der Waals surface area contributed by atoms with Crippen molar-refractivity contribution in [1.82, 2.24) is 0 Å². The summed E-state index contributed by atoms with van der Waals surface area (Å²) in [7, 11) is -2.33. The van der Waals surface area contributed by atoms with Gasteiger partial charge in [-0.25, -0.2) is 4.90 Å². The maximum absolute atomic E-state index is 12.6. The fourth-order valence-corrected chi connectivity index (χ4v) is 3.73. The number of carbonyl (C=O) groups is 2. The first-order chi connectivity index (χ1) is 12.8. The van der Waals surface area contributed by atoms with Gasteiger partial charge in [0.15, 0.2) is 11.5 Å². The van der Waals surface area contributed by atoms with E-state index in [4.69, 9.17) is 8.92 Å². The Morgan fingerprint density at radius 1 is 1.04 bits per heavy atom. The summed E-state index contributed by atoms with van der Waals surface area (Å²) in [6, 6.07) is 13.2. The summed E-state index contributed by atoms with van der Waals surface area (Å²) in [6.45, 7) is 0. The predicted molar refractivity (Wildman–Crippen MR) is 103 cm³/mol. The van der Waals surface area contributed by atoms with Crippen molar-refractivity contribution in [2.24, 2.45) is 0 Å². The molecule has 2 amide bonds. The van der Waals surface area contributed by atoms with Crippen LogP contribution in [0.1, 0.15) is 5.56 Å². The van der Waals surface area contributed by atoms with Crippen molar-refractivity contribution in [2.75, 3.05) is 18.3 Å². The van der Waals surface area contributed by atoms with Crippen molar-refractivity contribution in [3.63, 3.8) is 0 Å². The molecule has 1 aliphatic heterocycles. The summed E-state index contributed by atoms with van der Waals surface area (Å²) < 4.78 is 32.6. The van der Waals surface area contributed by atoms with E-state index in [0.29, 0.717) is 11.3 Å². The summed E-state index contributed by atoms with van der Waals surface area (Å²) in [5.41, 5.74) is 1.06. The van der Waals surface area contributed by atoms with Gasteiger partial charge in [-0.2, -0.15) is 8.42 Å². The first-order valence-corrected chi connectivity index (χ1v) is 10.3. The Kier molecular flexibility index (Phi) is 5.24. The normalized spacial score (nSPS) is 16.1. The molecule has 0 aliphatic carbocycles. The van der Waals surface area contributed by atoms with Gasteiger partial charge in [0.05, 0.1) is 24.0 Å². The van der Waals surface area contributed by atoms with Crippen LogP contribution in [0.5, 0.6) is 11.5 Å². The van der Waals surface area contributed by atoms with Gasteiger partial charge >= 0.3 is 10.1 Å². The highest BCUT2D eigenvalue weighted by atomic mass is 32.2. The van der Waals surface area contributed by atoms with E-state index in [1.165, 1.54) is 19.2 Å². The van der Waals surface area contributed by atoms with Gasteiger partial charge in [-0.3, -0.25) is 9.59 Å². The third-order valence-corrected chi connectivity index (χ3v) is 4.89. The minimum Gasteiger partial charge on any atom is -0.493 e. The molecule has 1 heterocycles. The van der Waals surface area contributed by atoms with E-state index >= 15 is 0 Å². The lowest BCUT2D eigenvalue weighted by Crippen LogP contribution is -2.27. The largest absolute Gasteiger partial charge is 0.493 e. The van der Waals surface area contributed by atoms with Crippen LogP contribution >= 0.6 is 11.8 Å². The van der Waals surface area contributed by atoms with Crippen molar-refractivity contribution in [3.8, 4) is 11.5 Å². The zero-order valence-electron chi connectivity index (χ0n) is 14.4. The van der Waals surface area contributed by atoms with Gasteiger partial charge in [0.2, 0.25) is 0 Å². The minimum atomic E-state index is -3.70. The van der Waals surface area contributed by atoms with Gasteiger partial charge < -0.3 is 8.92 Å². The summed E-state index contributed by atoms with van der Waals surface area (Å²) in [5, 5.41) is -0.388. The Labute approximate surface area is 160 Å². The van der Waals surface area contributed by atoms with Gasteiger partial charge in [0, 0.05) is 0 Å². The topological polar surface area (TPSA) is 90.0 Å². The van der Waals surface area contributed by atoms with Gasteiger partial charge in [0.1, 0.15) is 0 Å². The molecule has 0 saturated carbocycles. The van der Waals surface area contributed by atoms with E-state index in [-0.39, 0.29) is 21.6 Å². The number of rotatable bonds is 5. The molecule has 1 saturated heterocycles. The van der Waals surface area contributed by atoms with Crippen LogP contribution in [0.3, 0.4) is 0 Å². The van der Waals surface area contributed by atoms with Gasteiger partial charge in [0.25, 0.3) is 11.1 Å². The molecule has 0 N–H and O–H groups in total. The lowest BCUT2D eigenvalue weighted by Gasteiger charge is -2.11. The highest BCUT2D eigenvalue weighted by Crippen LogP contribution is 2.37. The summed E-state index contributed by atoms with van der Waals surface area (Å²) in [4.78, 5) is 26.2. The second kappa shape index (κ2) is 7.45. The molecule has 0 radical (unpaired) electrons. The van der Waals surface area contributed by atoms with E-state index < -0.39 is 16.0 Å². The molecule has 7 nitrogen and oxygen atoms in total. The molecular weight excluding hydrogens is 390 g/mol. The minimum absolute atomic E-state index is 0.0366. The average molecular weight is 405 g/mol. The van der Waals surface area contributed by atoms with Crippen molar-refractivity contribution < 1.29 is 26.9 Å². The number of imide groups is 1. The number of benzene rings is 2. The molecule has 3 rings (SSSR count). The van der Waals surface area contributed by atoms with Crippen molar-refractivity contribution in [3.05, 3.63) is 59.0 Å². The number of nitrogens with zero attached hydrogens (tertiary/aromatic N) is 1. The Balaban J connectivity index is 1.91. The maximum atomic E-state index is 12.6. The molecule has 140 valence electrons. The summed E-state index contributed by atoms with van der Waals surface area (Å²) >= 11 is 0.830. The average Bonchev–Trinajstić information content (AvgIpc) is 2.89. The third-order valence-electron chi connectivity index (χ3n) is 3.53. The highest BCUT2D eigenvalue weighted by molar-refractivity contribution is 8.19. The molecule has 2 aromatic carbocycles. The van der Waals surface area contributed by atoms with Crippen LogP contribution in [0.25, 0.3) is 6.08 Å². The van der Waals surface area contributed by atoms with Gasteiger partial charge in [-0.1, -0.05) is 24.3 Å². The zero-order valence-corrected chi connectivity index (χ0v) is 16.0. The number of hydrogen-bond acceptors (Lipinski definition) is 7.